The standard InChI is InChI=1S/C7H17N.C6H15O4P/c1-4-7(8,5-2)6-3;1-3-5-9-11(7,8)10-6-4-2/h4-6,8H2,1-3H3;3-6H2,1-2H3,(H,7,8). The average molecular weight is 297 g/mol. The van der Waals surface area contributed by atoms with Gasteiger partial charge >= 0.3 is 7.82 Å². The Bertz CT molecular complexity index is 225. The highest BCUT2D eigenvalue weighted by molar-refractivity contribution is 7.47. The third-order valence-corrected chi connectivity index (χ3v) is 4.05. The topological polar surface area (TPSA) is 81.8 Å². The van der Waals surface area contributed by atoms with Crippen molar-refractivity contribution in [3.8, 4) is 0 Å². The first kappa shape index (κ1) is 21.4. The first-order valence-electron chi connectivity index (χ1n) is 7.21. The smallest absolute Gasteiger partial charge is 0.325 e. The maximum absolute atomic E-state index is 10.8. The largest absolute Gasteiger partial charge is 0.472 e. The Morgan fingerprint density at radius 3 is 1.42 bits per heavy atom. The summed E-state index contributed by atoms with van der Waals surface area (Å²) in [6.07, 6.45) is 4.71. The van der Waals surface area contributed by atoms with Crippen molar-refractivity contribution in [3.05, 3.63) is 0 Å². The molecule has 0 amide bonds. The van der Waals surface area contributed by atoms with Crippen LogP contribution < -0.4 is 5.73 Å². The molecule has 5 nitrogen and oxygen atoms in total. The van der Waals surface area contributed by atoms with Crippen molar-refractivity contribution < 1.29 is 18.5 Å². The molecule has 6 heteroatoms. The van der Waals surface area contributed by atoms with Crippen LogP contribution in [0.25, 0.3) is 0 Å². The minimum atomic E-state index is -3.73. The fourth-order valence-corrected chi connectivity index (χ4v) is 2.10. The van der Waals surface area contributed by atoms with E-state index >= 15 is 0 Å². The summed E-state index contributed by atoms with van der Waals surface area (Å²) < 4.78 is 20.0. The van der Waals surface area contributed by atoms with E-state index in [-0.39, 0.29) is 18.8 Å². The molecule has 0 rings (SSSR count). The molecule has 0 aliphatic rings. The van der Waals surface area contributed by atoms with Gasteiger partial charge < -0.3 is 10.6 Å². The Labute approximate surface area is 118 Å². The third kappa shape index (κ3) is 12.8. The monoisotopic (exact) mass is 297 g/mol. The van der Waals surface area contributed by atoms with E-state index in [1.807, 2.05) is 13.8 Å². The molecule has 0 bridgehead atoms. The molecule has 3 N–H and O–H groups in total. The van der Waals surface area contributed by atoms with E-state index < -0.39 is 7.82 Å². The molecule has 0 aromatic rings. The van der Waals surface area contributed by atoms with Gasteiger partial charge in [0, 0.05) is 5.54 Å². The number of rotatable bonds is 9. The van der Waals surface area contributed by atoms with Crippen LogP contribution in [0.2, 0.25) is 0 Å². The highest BCUT2D eigenvalue weighted by atomic mass is 31.2. The lowest BCUT2D eigenvalue weighted by atomic mass is 9.92. The van der Waals surface area contributed by atoms with Crippen LogP contribution >= 0.6 is 7.82 Å². The Morgan fingerprint density at radius 1 is 0.947 bits per heavy atom. The average Bonchev–Trinajstić information content (AvgIpc) is 2.43. The summed E-state index contributed by atoms with van der Waals surface area (Å²) in [6, 6.07) is 0. The van der Waals surface area contributed by atoms with Crippen molar-refractivity contribution in [3.63, 3.8) is 0 Å². The zero-order chi connectivity index (χ0) is 15.4. The van der Waals surface area contributed by atoms with E-state index in [9.17, 15) is 4.57 Å². The van der Waals surface area contributed by atoms with Crippen molar-refractivity contribution in [1.29, 1.82) is 0 Å². The summed E-state index contributed by atoms with van der Waals surface area (Å²) >= 11 is 0. The van der Waals surface area contributed by atoms with E-state index in [2.05, 4.69) is 29.8 Å². The summed E-state index contributed by atoms with van der Waals surface area (Å²) in [5.41, 5.74) is 6.02. The van der Waals surface area contributed by atoms with E-state index in [4.69, 9.17) is 10.6 Å². The predicted octanol–water partition coefficient (Wildman–Crippen LogP) is 3.85. The Kier molecular flexibility index (Phi) is 13.3. The minimum absolute atomic E-state index is 0.125. The van der Waals surface area contributed by atoms with Crippen molar-refractivity contribution in [2.75, 3.05) is 13.2 Å². The highest BCUT2D eigenvalue weighted by Crippen LogP contribution is 2.43. The fraction of sp³-hybridized carbons (Fsp3) is 1.00. The number of phosphoric ester groups is 1. The second kappa shape index (κ2) is 11.9. The van der Waals surface area contributed by atoms with Crippen molar-refractivity contribution in [2.45, 2.75) is 72.3 Å². The van der Waals surface area contributed by atoms with Crippen LogP contribution in [0.5, 0.6) is 0 Å². The quantitative estimate of drug-likeness (QED) is 0.632. The maximum atomic E-state index is 10.8. The Hall–Kier alpha value is 0.0700. The normalized spacial score (nSPS) is 11.9. The number of hydrogen-bond donors (Lipinski definition) is 2. The highest BCUT2D eigenvalue weighted by Gasteiger charge is 2.19. The second-order valence-electron chi connectivity index (χ2n) is 4.56. The van der Waals surface area contributed by atoms with Gasteiger partial charge in [0.25, 0.3) is 0 Å². The van der Waals surface area contributed by atoms with Crippen molar-refractivity contribution in [2.24, 2.45) is 5.73 Å². The SMILES string of the molecule is CCC(N)(CC)CC.CCCOP(=O)(O)OCCC. The van der Waals surface area contributed by atoms with E-state index in [0.29, 0.717) is 12.8 Å². The van der Waals surface area contributed by atoms with Crippen LogP contribution in [0.1, 0.15) is 66.7 Å². The third-order valence-electron chi connectivity index (χ3n) is 3.03. The molecule has 0 fully saturated rings. The van der Waals surface area contributed by atoms with Gasteiger partial charge in [-0.15, -0.1) is 0 Å². The lowest BCUT2D eigenvalue weighted by Crippen LogP contribution is -2.37. The molecule has 0 atom stereocenters. The molecule has 0 aliphatic heterocycles. The summed E-state index contributed by atoms with van der Waals surface area (Å²) in [7, 11) is -3.73. The van der Waals surface area contributed by atoms with E-state index in [1.165, 1.54) is 0 Å². The van der Waals surface area contributed by atoms with E-state index in [1.54, 1.807) is 0 Å². The summed E-state index contributed by atoms with van der Waals surface area (Å²) in [6.45, 7) is 10.7. The molecule has 0 saturated carbocycles. The zero-order valence-electron chi connectivity index (χ0n) is 13.1. The molecule has 0 heterocycles. The van der Waals surface area contributed by atoms with Gasteiger partial charge in [0.1, 0.15) is 0 Å². The van der Waals surface area contributed by atoms with Gasteiger partial charge in [0.05, 0.1) is 13.2 Å². The van der Waals surface area contributed by atoms with Crippen molar-refractivity contribution in [1.82, 2.24) is 0 Å². The molecule has 0 aromatic heterocycles. The molecule has 0 saturated heterocycles. The van der Waals surface area contributed by atoms with Crippen LogP contribution in [-0.2, 0) is 13.6 Å². The van der Waals surface area contributed by atoms with Gasteiger partial charge in [-0.1, -0.05) is 34.6 Å². The fourth-order valence-electron chi connectivity index (χ4n) is 1.20. The molecule has 0 unspecified atom stereocenters. The van der Waals surface area contributed by atoms with Gasteiger partial charge in [-0.25, -0.2) is 4.57 Å². The van der Waals surface area contributed by atoms with Gasteiger partial charge in [0.2, 0.25) is 0 Å². The molecular weight excluding hydrogens is 265 g/mol. The van der Waals surface area contributed by atoms with Crippen LogP contribution in [0.4, 0.5) is 0 Å². The molecule has 0 aliphatic carbocycles. The molecule has 118 valence electrons. The van der Waals surface area contributed by atoms with Crippen LogP contribution in [0.15, 0.2) is 0 Å². The minimum Gasteiger partial charge on any atom is -0.325 e. The number of phosphoric acid groups is 1. The summed E-state index contributed by atoms with van der Waals surface area (Å²) in [5, 5.41) is 0. The molecule has 0 spiro atoms. The Balaban J connectivity index is 0. The first-order valence-corrected chi connectivity index (χ1v) is 8.71. The predicted molar refractivity (Wildman–Crippen MR) is 80.1 cm³/mol. The van der Waals surface area contributed by atoms with Crippen LogP contribution in [0, 0.1) is 0 Å². The van der Waals surface area contributed by atoms with Gasteiger partial charge in [0.15, 0.2) is 0 Å². The van der Waals surface area contributed by atoms with Crippen LogP contribution in [0.3, 0.4) is 0 Å². The van der Waals surface area contributed by atoms with Gasteiger partial charge in [-0.2, -0.15) is 0 Å². The van der Waals surface area contributed by atoms with Gasteiger partial charge in [-0.3, -0.25) is 9.05 Å². The number of hydrogen-bond acceptors (Lipinski definition) is 4. The van der Waals surface area contributed by atoms with Crippen molar-refractivity contribution >= 4 is 7.82 Å². The summed E-state index contributed by atoms with van der Waals surface area (Å²) in [4.78, 5) is 8.89. The van der Waals surface area contributed by atoms with Crippen LogP contribution in [-0.4, -0.2) is 23.6 Å². The number of nitrogens with two attached hydrogens (primary N) is 1. The molecular formula is C13H32NO4P. The Morgan fingerprint density at radius 2 is 1.26 bits per heavy atom. The maximum Gasteiger partial charge on any atom is 0.472 e. The zero-order valence-corrected chi connectivity index (χ0v) is 14.0. The molecule has 0 aromatic carbocycles. The summed E-state index contributed by atoms with van der Waals surface area (Å²) in [5.74, 6) is 0. The lowest BCUT2D eigenvalue weighted by Gasteiger charge is -2.23. The first-order chi connectivity index (χ1) is 8.80. The second-order valence-corrected chi connectivity index (χ2v) is 6.01. The lowest BCUT2D eigenvalue weighted by molar-refractivity contribution is 0.150. The van der Waals surface area contributed by atoms with Gasteiger partial charge in [-0.05, 0) is 32.1 Å². The molecule has 19 heavy (non-hydrogen) atoms. The van der Waals surface area contributed by atoms with E-state index in [0.717, 1.165) is 19.3 Å². The molecule has 0 radical (unpaired) electrons.